The molecular formula is C29H37Cl3N12O8S2. The number of nitrogens with zero attached hydrogens (tertiary/aromatic N) is 6. The number of carbonyl (C=O) groups is 1. The van der Waals surface area contributed by atoms with Crippen molar-refractivity contribution in [2.45, 2.75) is 36.2 Å². The normalized spacial score (nSPS) is 11.6. The van der Waals surface area contributed by atoms with Crippen molar-refractivity contribution in [2.24, 2.45) is 10.3 Å². The maximum Gasteiger partial charge on any atom is 0.407 e. The Morgan fingerprint density at radius 1 is 0.630 bits per heavy atom. The fourth-order valence-corrected chi connectivity index (χ4v) is 5.23. The molecule has 20 nitrogen and oxygen atoms in total. The van der Waals surface area contributed by atoms with E-state index in [9.17, 15) is 21.6 Å². The first kappa shape index (κ1) is 44.1. The first-order chi connectivity index (χ1) is 25.3. The van der Waals surface area contributed by atoms with Crippen LogP contribution in [0.2, 0.25) is 15.9 Å². The molecule has 2 aromatic heterocycles. The van der Waals surface area contributed by atoms with Gasteiger partial charge >= 0.3 is 6.09 Å². The Kier molecular flexibility index (Phi) is 16.7. The topological polar surface area (TPSA) is 291 Å². The second-order valence-electron chi connectivity index (χ2n) is 11.4. The van der Waals surface area contributed by atoms with Gasteiger partial charge in [-0.2, -0.15) is 29.9 Å². The molecule has 8 N–H and O–H groups in total. The Labute approximate surface area is 326 Å². The van der Waals surface area contributed by atoms with E-state index < -0.39 is 31.7 Å². The minimum absolute atomic E-state index is 0.00441. The molecule has 4 aromatic rings. The van der Waals surface area contributed by atoms with Gasteiger partial charge in [0, 0.05) is 24.5 Å². The number of aromatic nitrogens is 6. The Hall–Kier alpha value is -4.26. The molecule has 0 bridgehead atoms. The minimum Gasteiger partial charge on any atom is -0.444 e. The molecule has 0 fully saturated rings. The van der Waals surface area contributed by atoms with E-state index >= 15 is 0 Å². The van der Waals surface area contributed by atoms with Gasteiger partial charge < -0.3 is 35.5 Å². The van der Waals surface area contributed by atoms with E-state index in [4.69, 9.17) is 59.3 Å². The lowest BCUT2D eigenvalue weighted by atomic mass is 10.2. The van der Waals surface area contributed by atoms with Crippen molar-refractivity contribution in [1.29, 1.82) is 0 Å². The van der Waals surface area contributed by atoms with Crippen LogP contribution < -0.4 is 31.5 Å². The smallest absolute Gasteiger partial charge is 0.407 e. The molecule has 0 saturated carbocycles. The summed E-state index contributed by atoms with van der Waals surface area (Å²) in [7, 11) is -7.49. The molecule has 0 aliphatic heterocycles. The van der Waals surface area contributed by atoms with Crippen LogP contribution in [0.15, 0.2) is 58.3 Å². The van der Waals surface area contributed by atoms with E-state index in [2.05, 4.69) is 51.2 Å². The number of ether oxygens (including phenoxy) is 3. The first-order valence-corrected chi connectivity index (χ1v) is 19.6. The SMILES string of the molecule is CC(C)(C)OC(=O)NCCOCCOCCNc1nc(Cl)nc(Nc2ccc(S(N)(=O)=O)cc2)n1.NS(=O)(=O)c1ccc(Nc2nc(Cl)nc(Cl)n2)cc1. The summed E-state index contributed by atoms with van der Waals surface area (Å²) in [4.78, 5) is 34.9. The molecule has 0 radical (unpaired) electrons. The number of halogens is 3. The van der Waals surface area contributed by atoms with E-state index in [0.717, 1.165) is 0 Å². The van der Waals surface area contributed by atoms with Crippen LogP contribution in [0.5, 0.6) is 0 Å². The largest absolute Gasteiger partial charge is 0.444 e. The molecule has 0 spiro atoms. The second-order valence-corrected chi connectivity index (χ2v) is 15.6. The van der Waals surface area contributed by atoms with Crippen LogP contribution in [-0.2, 0) is 34.3 Å². The maximum absolute atomic E-state index is 11.5. The molecule has 294 valence electrons. The van der Waals surface area contributed by atoms with Gasteiger partial charge in [-0.25, -0.2) is 31.9 Å². The number of sulfonamides is 2. The summed E-state index contributed by atoms with van der Waals surface area (Å²) < 4.78 is 60.8. The van der Waals surface area contributed by atoms with Crippen molar-refractivity contribution in [2.75, 3.05) is 55.5 Å². The van der Waals surface area contributed by atoms with Crippen LogP contribution in [0.25, 0.3) is 0 Å². The number of primary sulfonamides is 2. The van der Waals surface area contributed by atoms with Crippen LogP contribution >= 0.6 is 34.8 Å². The van der Waals surface area contributed by atoms with E-state index in [0.29, 0.717) is 50.9 Å². The summed E-state index contributed by atoms with van der Waals surface area (Å²) in [6, 6.07) is 11.5. The Balaban J connectivity index is 0.000000345. The first-order valence-electron chi connectivity index (χ1n) is 15.4. The molecule has 0 saturated heterocycles. The molecule has 2 aromatic carbocycles. The highest BCUT2D eigenvalue weighted by atomic mass is 35.5. The summed E-state index contributed by atoms with van der Waals surface area (Å²) >= 11 is 17.2. The highest BCUT2D eigenvalue weighted by Gasteiger charge is 2.15. The summed E-state index contributed by atoms with van der Waals surface area (Å²) in [5, 5.41) is 21.2. The monoisotopic (exact) mass is 850 g/mol. The molecule has 0 atom stereocenters. The van der Waals surface area contributed by atoms with E-state index in [1.165, 1.54) is 48.5 Å². The van der Waals surface area contributed by atoms with Gasteiger partial charge in [0.25, 0.3) is 0 Å². The highest BCUT2D eigenvalue weighted by Crippen LogP contribution is 2.19. The fourth-order valence-electron chi connectivity index (χ4n) is 3.68. The zero-order valence-electron chi connectivity index (χ0n) is 28.9. The summed E-state index contributed by atoms with van der Waals surface area (Å²) in [5.41, 5.74) is 0.544. The van der Waals surface area contributed by atoms with E-state index in [1.54, 1.807) is 20.8 Å². The molecule has 0 aliphatic carbocycles. The standard InChI is InChI=1S/C20H30ClN7O6S.C9H7Cl2N5O2S/c1-20(2,3)34-19(29)24-9-11-33-13-12-32-10-8-23-17-26-16(21)27-18(28-17)25-14-4-6-15(7-5-14)35(22,30)31;10-7-14-8(11)16-9(15-7)13-5-1-3-6(4-2-5)19(12,17)18/h4-7H,8-13H2,1-3H3,(H,24,29)(H2,22,30,31)(H2,23,25,26,27,28);1-4H,(H2,12,17,18)(H,13,14,15,16). The van der Waals surface area contributed by atoms with Gasteiger partial charge in [-0.3, -0.25) is 0 Å². The molecule has 25 heteroatoms. The van der Waals surface area contributed by atoms with Gasteiger partial charge in [0.1, 0.15) is 5.60 Å². The third-order valence-electron chi connectivity index (χ3n) is 5.88. The molecule has 0 aliphatic rings. The predicted molar refractivity (Wildman–Crippen MR) is 201 cm³/mol. The second kappa shape index (κ2) is 20.4. The summed E-state index contributed by atoms with van der Waals surface area (Å²) in [5.74, 6) is 0.556. The Morgan fingerprint density at radius 2 is 1.04 bits per heavy atom. The van der Waals surface area contributed by atoms with Crippen molar-refractivity contribution in [3.63, 3.8) is 0 Å². The average molecular weight is 852 g/mol. The number of nitrogens with two attached hydrogens (primary N) is 2. The molecule has 1 amide bonds. The number of hydrogen-bond donors (Lipinski definition) is 6. The number of alkyl carbamates (subject to hydrolysis) is 1. The number of rotatable bonds is 16. The minimum atomic E-state index is -3.78. The van der Waals surface area contributed by atoms with Crippen molar-refractivity contribution in [3.05, 3.63) is 64.4 Å². The summed E-state index contributed by atoms with van der Waals surface area (Å²) in [6.45, 7) is 7.56. The van der Waals surface area contributed by atoms with Gasteiger partial charge in [-0.1, -0.05) is 0 Å². The predicted octanol–water partition coefficient (Wildman–Crippen LogP) is 3.46. The quantitative estimate of drug-likeness (QED) is 0.0880. The van der Waals surface area contributed by atoms with Gasteiger partial charge in [-0.15, -0.1) is 0 Å². The lowest BCUT2D eigenvalue weighted by Crippen LogP contribution is -2.34. The summed E-state index contributed by atoms with van der Waals surface area (Å²) in [6.07, 6.45) is -0.486. The Morgan fingerprint density at radius 3 is 1.48 bits per heavy atom. The third kappa shape index (κ3) is 17.3. The third-order valence-corrected chi connectivity index (χ3v) is 8.25. The zero-order chi connectivity index (χ0) is 39.9. The lowest BCUT2D eigenvalue weighted by Gasteiger charge is -2.19. The van der Waals surface area contributed by atoms with Crippen LogP contribution in [0, 0.1) is 0 Å². The van der Waals surface area contributed by atoms with E-state index in [-0.39, 0.29) is 43.5 Å². The number of anilines is 5. The van der Waals surface area contributed by atoms with Crippen molar-refractivity contribution >= 4 is 90.2 Å². The average Bonchev–Trinajstić information content (AvgIpc) is 3.04. The van der Waals surface area contributed by atoms with E-state index in [1.807, 2.05) is 0 Å². The highest BCUT2D eigenvalue weighted by molar-refractivity contribution is 7.89. The van der Waals surface area contributed by atoms with Crippen LogP contribution in [0.1, 0.15) is 20.8 Å². The molecule has 4 rings (SSSR count). The number of benzene rings is 2. The zero-order valence-corrected chi connectivity index (χ0v) is 32.8. The van der Waals surface area contributed by atoms with Gasteiger partial charge in [0.2, 0.25) is 53.7 Å². The van der Waals surface area contributed by atoms with Gasteiger partial charge in [0.15, 0.2) is 0 Å². The van der Waals surface area contributed by atoms with Gasteiger partial charge in [-0.05, 0) is 104 Å². The maximum atomic E-state index is 11.5. The number of carbonyl (C=O) groups excluding carboxylic acids is 1. The molecule has 0 unspecified atom stereocenters. The van der Waals surface area contributed by atoms with Gasteiger partial charge in [0.05, 0.1) is 36.2 Å². The fraction of sp³-hybridized carbons (Fsp3) is 0.345. The Bertz CT molecular complexity index is 2040. The van der Waals surface area contributed by atoms with Crippen LogP contribution in [0.3, 0.4) is 0 Å². The van der Waals surface area contributed by atoms with Crippen molar-refractivity contribution in [1.82, 2.24) is 35.2 Å². The molecular weight excluding hydrogens is 815 g/mol. The molecule has 2 heterocycles. The number of amides is 1. The van der Waals surface area contributed by atoms with Crippen LogP contribution in [0.4, 0.5) is 34.0 Å². The van der Waals surface area contributed by atoms with Crippen LogP contribution in [-0.4, -0.2) is 98.0 Å². The lowest BCUT2D eigenvalue weighted by molar-refractivity contribution is 0.0415. The number of hydrogen-bond acceptors (Lipinski definition) is 17. The number of nitrogens with one attached hydrogen (secondary N) is 4. The van der Waals surface area contributed by atoms with Crippen molar-refractivity contribution in [3.8, 4) is 0 Å². The molecule has 54 heavy (non-hydrogen) atoms. The van der Waals surface area contributed by atoms with Crippen molar-refractivity contribution < 1.29 is 35.8 Å².